The second-order valence-electron chi connectivity index (χ2n) is 5.42. The molecule has 2 bridgehead atoms. The Balaban J connectivity index is 2.04. The van der Waals surface area contributed by atoms with E-state index in [1.807, 2.05) is 12.2 Å². The molecule has 2 aliphatic rings. The Bertz CT molecular complexity index is 446. The van der Waals surface area contributed by atoms with Crippen LogP contribution in [0.3, 0.4) is 0 Å². The van der Waals surface area contributed by atoms with Crippen molar-refractivity contribution >= 4 is 17.8 Å². The number of carboxylic acids is 1. The molecule has 1 fully saturated rings. The maximum Gasteiger partial charge on any atom is 0.307 e. The molecule has 0 saturated heterocycles. The van der Waals surface area contributed by atoms with Crippen LogP contribution in [0.4, 0.5) is 0 Å². The van der Waals surface area contributed by atoms with Crippen molar-refractivity contribution in [3.63, 3.8) is 0 Å². The van der Waals surface area contributed by atoms with Crippen LogP contribution in [0.1, 0.15) is 19.8 Å². The lowest BCUT2D eigenvalue weighted by molar-refractivity contribution is -0.148. The Morgan fingerprint density at radius 2 is 1.89 bits per heavy atom. The standard InChI is InChI=1S/C13H18N2O4/c1-6(4-9(14)16)15-12(17)10-7-2-3-8(5-7)11(10)13(18)19/h2-3,6-8,10-11H,4-5H2,1H3,(H2,14,16)(H,15,17)(H,18,19)/t6?,7?,8?,10-,11+/m0/s1. The lowest BCUT2D eigenvalue weighted by atomic mass is 9.82. The average Bonchev–Trinajstić information content (AvgIpc) is 2.86. The van der Waals surface area contributed by atoms with Gasteiger partial charge in [-0.1, -0.05) is 12.2 Å². The highest BCUT2D eigenvalue weighted by Gasteiger charge is 2.51. The summed E-state index contributed by atoms with van der Waals surface area (Å²) in [6.07, 6.45) is 4.59. The Morgan fingerprint density at radius 3 is 2.42 bits per heavy atom. The zero-order chi connectivity index (χ0) is 14.2. The first-order valence-corrected chi connectivity index (χ1v) is 6.40. The molecule has 6 nitrogen and oxygen atoms in total. The molecule has 0 radical (unpaired) electrons. The highest BCUT2D eigenvalue weighted by atomic mass is 16.4. The highest BCUT2D eigenvalue weighted by Crippen LogP contribution is 2.48. The van der Waals surface area contributed by atoms with Crippen molar-refractivity contribution in [3.8, 4) is 0 Å². The molecule has 0 spiro atoms. The van der Waals surface area contributed by atoms with Crippen molar-refractivity contribution in [1.82, 2.24) is 5.32 Å². The summed E-state index contributed by atoms with van der Waals surface area (Å²) >= 11 is 0. The summed E-state index contributed by atoms with van der Waals surface area (Å²) in [5.74, 6) is -2.97. The molecule has 0 aromatic carbocycles. The van der Waals surface area contributed by atoms with Gasteiger partial charge >= 0.3 is 5.97 Å². The van der Waals surface area contributed by atoms with Crippen LogP contribution < -0.4 is 11.1 Å². The number of hydrogen-bond donors (Lipinski definition) is 3. The number of rotatable bonds is 5. The zero-order valence-corrected chi connectivity index (χ0v) is 10.7. The Morgan fingerprint density at radius 1 is 1.32 bits per heavy atom. The number of hydrogen-bond acceptors (Lipinski definition) is 3. The quantitative estimate of drug-likeness (QED) is 0.603. The SMILES string of the molecule is CC(CC(N)=O)NC(=O)[C@H]1C2C=CC(C2)[C@H]1C(=O)O. The monoisotopic (exact) mass is 266 g/mol. The van der Waals surface area contributed by atoms with E-state index in [0.717, 1.165) is 6.42 Å². The van der Waals surface area contributed by atoms with Crippen LogP contribution in [-0.2, 0) is 14.4 Å². The van der Waals surface area contributed by atoms with Crippen molar-refractivity contribution in [3.05, 3.63) is 12.2 Å². The third-order valence-electron chi connectivity index (χ3n) is 3.94. The molecule has 0 aromatic rings. The fourth-order valence-electron chi connectivity index (χ4n) is 3.21. The van der Waals surface area contributed by atoms with E-state index in [4.69, 9.17) is 5.73 Å². The van der Waals surface area contributed by atoms with Gasteiger partial charge in [0.25, 0.3) is 0 Å². The van der Waals surface area contributed by atoms with Gasteiger partial charge in [0.1, 0.15) is 0 Å². The number of allylic oxidation sites excluding steroid dienone is 2. The van der Waals surface area contributed by atoms with Gasteiger partial charge in [0.2, 0.25) is 11.8 Å². The summed E-state index contributed by atoms with van der Waals surface area (Å²) in [5.41, 5.74) is 5.06. The van der Waals surface area contributed by atoms with Crippen LogP contribution in [0.2, 0.25) is 0 Å². The molecule has 2 amide bonds. The minimum Gasteiger partial charge on any atom is -0.481 e. The first-order chi connectivity index (χ1) is 8.90. The molecule has 5 atom stereocenters. The number of amides is 2. The molecular weight excluding hydrogens is 248 g/mol. The molecular formula is C13H18N2O4. The maximum atomic E-state index is 12.2. The lowest BCUT2D eigenvalue weighted by Gasteiger charge is -2.25. The summed E-state index contributed by atoms with van der Waals surface area (Å²) in [6.45, 7) is 1.68. The summed E-state index contributed by atoms with van der Waals surface area (Å²) in [7, 11) is 0. The predicted octanol–water partition coefficient (Wildman–Crippen LogP) is -0.111. The van der Waals surface area contributed by atoms with Crippen LogP contribution in [0.15, 0.2) is 12.2 Å². The fourth-order valence-corrected chi connectivity index (χ4v) is 3.21. The maximum absolute atomic E-state index is 12.2. The molecule has 0 heterocycles. The molecule has 4 N–H and O–H groups in total. The van der Waals surface area contributed by atoms with E-state index in [0.29, 0.717) is 0 Å². The van der Waals surface area contributed by atoms with Crippen LogP contribution in [-0.4, -0.2) is 28.9 Å². The number of carbonyl (C=O) groups excluding carboxylic acids is 2. The van der Waals surface area contributed by atoms with Crippen LogP contribution in [0, 0.1) is 23.7 Å². The predicted molar refractivity (Wildman–Crippen MR) is 66.8 cm³/mol. The Hall–Kier alpha value is -1.85. The first-order valence-electron chi connectivity index (χ1n) is 6.40. The third kappa shape index (κ3) is 2.62. The van der Waals surface area contributed by atoms with Gasteiger partial charge < -0.3 is 16.2 Å². The zero-order valence-electron chi connectivity index (χ0n) is 10.7. The second-order valence-corrected chi connectivity index (χ2v) is 5.42. The Kier molecular flexibility index (Phi) is 3.59. The van der Waals surface area contributed by atoms with Gasteiger partial charge in [0.05, 0.1) is 11.8 Å². The van der Waals surface area contributed by atoms with E-state index in [2.05, 4.69) is 5.32 Å². The molecule has 0 aliphatic heterocycles. The Labute approximate surface area is 111 Å². The molecule has 6 heteroatoms. The summed E-state index contributed by atoms with van der Waals surface area (Å²) in [5, 5.41) is 11.9. The van der Waals surface area contributed by atoms with Crippen molar-refractivity contribution < 1.29 is 19.5 Å². The number of carbonyl (C=O) groups is 3. The average molecular weight is 266 g/mol. The van der Waals surface area contributed by atoms with Crippen LogP contribution >= 0.6 is 0 Å². The van der Waals surface area contributed by atoms with E-state index >= 15 is 0 Å². The number of primary amides is 1. The van der Waals surface area contributed by atoms with Gasteiger partial charge in [-0.05, 0) is 25.2 Å². The van der Waals surface area contributed by atoms with Gasteiger partial charge in [0, 0.05) is 12.5 Å². The topological polar surface area (TPSA) is 109 Å². The second kappa shape index (κ2) is 5.03. The van der Waals surface area contributed by atoms with Crippen molar-refractivity contribution in [1.29, 1.82) is 0 Å². The molecule has 2 rings (SSSR count). The number of aliphatic carboxylic acids is 1. The van der Waals surface area contributed by atoms with Gasteiger partial charge in [-0.3, -0.25) is 14.4 Å². The minimum absolute atomic E-state index is 0.00752. The van der Waals surface area contributed by atoms with Crippen molar-refractivity contribution in [2.75, 3.05) is 0 Å². The number of nitrogens with two attached hydrogens (primary N) is 1. The van der Waals surface area contributed by atoms with Gasteiger partial charge in [-0.2, -0.15) is 0 Å². The summed E-state index contributed by atoms with van der Waals surface area (Å²) < 4.78 is 0. The van der Waals surface area contributed by atoms with Crippen LogP contribution in [0.25, 0.3) is 0 Å². The third-order valence-corrected chi connectivity index (χ3v) is 3.94. The smallest absolute Gasteiger partial charge is 0.307 e. The van der Waals surface area contributed by atoms with Gasteiger partial charge in [-0.15, -0.1) is 0 Å². The van der Waals surface area contributed by atoms with Crippen LogP contribution in [0.5, 0.6) is 0 Å². The van der Waals surface area contributed by atoms with E-state index in [9.17, 15) is 19.5 Å². The fraction of sp³-hybridized carbons (Fsp3) is 0.615. The number of nitrogens with one attached hydrogen (secondary N) is 1. The first kappa shape index (κ1) is 13.6. The largest absolute Gasteiger partial charge is 0.481 e. The lowest BCUT2D eigenvalue weighted by Crippen LogP contribution is -2.44. The van der Waals surface area contributed by atoms with Crippen molar-refractivity contribution in [2.24, 2.45) is 29.4 Å². The molecule has 19 heavy (non-hydrogen) atoms. The molecule has 1 saturated carbocycles. The van der Waals surface area contributed by atoms with Crippen molar-refractivity contribution in [2.45, 2.75) is 25.8 Å². The molecule has 2 aliphatic carbocycles. The number of fused-ring (bicyclic) bond motifs is 2. The van der Waals surface area contributed by atoms with E-state index in [1.165, 1.54) is 0 Å². The normalized spacial score (nSPS) is 33.1. The minimum atomic E-state index is -0.931. The highest BCUT2D eigenvalue weighted by molar-refractivity contribution is 5.87. The molecule has 0 aromatic heterocycles. The van der Waals surface area contributed by atoms with Gasteiger partial charge in [-0.25, -0.2) is 0 Å². The summed E-state index contributed by atoms with van der Waals surface area (Å²) in [6, 6.07) is -0.373. The summed E-state index contributed by atoms with van der Waals surface area (Å²) in [4.78, 5) is 34.2. The van der Waals surface area contributed by atoms with E-state index in [-0.39, 0.29) is 30.2 Å². The molecule has 3 unspecified atom stereocenters. The molecule has 104 valence electrons. The van der Waals surface area contributed by atoms with Gasteiger partial charge in [0.15, 0.2) is 0 Å². The van der Waals surface area contributed by atoms with E-state index in [1.54, 1.807) is 6.92 Å². The number of carboxylic acid groups (broad SMARTS) is 1. The van der Waals surface area contributed by atoms with E-state index < -0.39 is 23.7 Å².